The molecule has 0 amide bonds. The van der Waals surface area contributed by atoms with E-state index in [0.29, 0.717) is 25.7 Å². The van der Waals surface area contributed by atoms with Crippen molar-refractivity contribution < 1.29 is 79.5 Å². The van der Waals surface area contributed by atoms with E-state index in [0.717, 1.165) is 25.7 Å². The van der Waals surface area contributed by atoms with Crippen LogP contribution in [-0.4, -0.2) is 169 Å². The van der Waals surface area contributed by atoms with Crippen molar-refractivity contribution in [2.75, 3.05) is 19.8 Å². The Balaban J connectivity index is 1.19. The molecule has 3 heterocycles. The van der Waals surface area contributed by atoms with Gasteiger partial charge in [0.05, 0.1) is 43.7 Å². The summed E-state index contributed by atoms with van der Waals surface area (Å²) in [6, 6.07) is 0. The van der Waals surface area contributed by atoms with E-state index in [4.69, 9.17) is 28.4 Å². The lowest BCUT2D eigenvalue weighted by Gasteiger charge is -2.75. The summed E-state index contributed by atoms with van der Waals surface area (Å²) in [6.07, 6.45) is -11.8. The molecule has 5 saturated carbocycles. The molecule has 16 heteroatoms. The number of fused-ring (bicyclic) bond motifs is 7. The van der Waals surface area contributed by atoms with E-state index in [-0.39, 0.29) is 54.8 Å². The summed E-state index contributed by atoms with van der Waals surface area (Å²) < 4.78 is 38.1. The number of hydrogen-bond donors (Lipinski definition) is 10. The molecule has 24 atom stereocenters. The highest BCUT2D eigenvalue weighted by atomic mass is 16.7. The van der Waals surface area contributed by atoms with Crippen molar-refractivity contribution in [3.8, 4) is 0 Å². The van der Waals surface area contributed by atoms with E-state index in [2.05, 4.69) is 41.5 Å². The van der Waals surface area contributed by atoms with Crippen LogP contribution in [-0.2, 0) is 28.4 Å². The van der Waals surface area contributed by atoms with Crippen LogP contribution in [0, 0.1) is 56.7 Å². The molecule has 352 valence electrons. The van der Waals surface area contributed by atoms with Crippen molar-refractivity contribution in [3.05, 3.63) is 0 Å². The van der Waals surface area contributed by atoms with Crippen LogP contribution in [0.15, 0.2) is 0 Å². The zero-order chi connectivity index (χ0) is 44.6. The minimum Gasteiger partial charge on any atom is -0.390 e. The molecule has 5 aliphatic carbocycles. The van der Waals surface area contributed by atoms with E-state index in [1.54, 1.807) is 0 Å². The Morgan fingerprint density at radius 2 is 0.918 bits per heavy atom. The van der Waals surface area contributed by atoms with Crippen LogP contribution in [0.4, 0.5) is 0 Å². The van der Waals surface area contributed by atoms with Gasteiger partial charge in [-0.05, 0) is 122 Å². The number of ether oxygens (including phenoxy) is 6. The van der Waals surface area contributed by atoms with Crippen molar-refractivity contribution >= 4 is 0 Å². The lowest BCUT2D eigenvalue weighted by molar-refractivity contribution is -0.354. The van der Waals surface area contributed by atoms with Crippen LogP contribution < -0.4 is 0 Å². The SMILES string of the molecule is CC(C)(O)[C@@H]1CC[C@@]2(C)[C@@H]1[C@@H](O[C@H]1OC[C@@H](O)[C@@H](O)[C@@H]1O)C[C@]1(C)[C@@H]2CC[C@H]2[C@@]3(C)CC[C@@H](O[C@@H]4OC[C@@H](O)[C@@H](O)[C@H]4O)C(C)(C)[C@H]3[C@H](O[C@H]3OC[C@H](O)[C@H](O)[C@@H]3O)C[C@]21C. The molecule has 0 radical (unpaired) electrons. The third kappa shape index (κ3) is 7.23. The van der Waals surface area contributed by atoms with Gasteiger partial charge in [-0.25, -0.2) is 0 Å². The van der Waals surface area contributed by atoms with Crippen molar-refractivity contribution in [3.63, 3.8) is 0 Å². The number of aliphatic hydroxyl groups is 10. The van der Waals surface area contributed by atoms with E-state index in [9.17, 15) is 51.1 Å². The van der Waals surface area contributed by atoms with E-state index < -0.39 is 119 Å². The van der Waals surface area contributed by atoms with Crippen LogP contribution in [0.1, 0.15) is 107 Å². The first kappa shape index (κ1) is 46.9. The first-order valence-corrected chi connectivity index (χ1v) is 23.0. The van der Waals surface area contributed by atoms with Crippen LogP contribution in [0.2, 0.25) is 0 Å². The lowest BCUT2D eigenvalue weighted by atomic mass is 9.31. The Morgan fingerprint density at radius 1 is 0.508 bits per heavy atom. The third-order valence-corrected chi connectivity index (χ3v) is 18.9. The quantitative estimate of drug-likeness (QED) is 0.157. The van der Waals surface area contributed by atoms with Gasteiger partial charge in [0.25, 0.3) is 0 Å². The van der Waals surface area contributed by atoms with E-state index in [1.807, 2.05) is 13.8 Å². The molecular weight excluding hydrogens is 796 g/mol. The fourth-order valence-electron chi connectivity index (χ4n) is 15.9. The minimum atomic E-state index is -1.52. The van der Waals surface area contributed by atoms with Gasteiger partial charge < -0.3 is 79.5 Å². The number of rotatable bonds is 7. The van der Waals surface area contributed by atoms with Gasteiger partial charge in [0, 0.05) is 0 Å². The molecule has 10 N–H and O–H groups in total. The summed E-state index contributed by atoms with van der Waals surface area (Å²) in [6.45, 7) is 16.7. The van der Waals surface area contributed by atoms with Gasteiger partial charge in [-0.3, -0.25) is 0 Å². The lowest BCUT2D eigenvalue weighted by Crippen LogP contribution is -2.72. The molecule has 8 fully saturated rings. The predicted octanol–water partition coefficient (Wildman–Crippen LogP) is 0.551. The van der Waals surface area contributed by atoms with Gasteiger partial charge in [0.1, 0.15) is 54.9 Å². The van der Waals surface area contributed by atoms with Crippen LogP contribution >= 0.6 is 0 Å². The van der Waals surface area contributed by atoms with Crippen molar-refractivity contribution in [2.24, 2.45) is 56.7 Å². The van der Waals surface area contributed by atoms with Crippen LogP contribution in [0.5, 0.6) is 0 Å². The van der Waals surface area contributed by atoms with E-state index in [1.165, 1.54) is 0 Å². The smallest absolute Gasteiger partial charge is 0.186 e. The second-order valence-electron chi connectivity index (χ2n) is 22.8. The maximum atomic E-state index is 11.7. The minimum absolute atomic E-state index is 0.105. The van der Waals surface area contributed by atoms with Crippen molar-refractivity contribution in [1.29, 1.82) is 0 Å². The highest BCUT2D eigenvalue weighted by Gasteiger charge is 2.75. The molecule has 0 bridgehead atoms. The first-order valence-electron chi connectivity index (χ1n) is 23.0. The molecular formula is C45H76O16. The zero-order valence-electron chi connectivity index (χ0n) is 37.2. The largest absolute Gasteiger partial charge is 0.390 e. The molecule has 8 rings (SSSR count). The summed E-state index contributed by atoms with van der Waals surface area (Å²) in [7, 11) is 0. The molecule has 16 nitrogen and oxygen atoms in total. The number of aliphatic hydroxyl groups excluding tert-OH is 9. The normalized spacial score (nSPS) is 57.3. The van der Waals surface area contributed by atoms with Gasteiger partial charge in [0.15, 0.2) is 18.9 Å². The van der Waals surface area contributed by atoms with Gasteiger partial charge in [-0.15, -0.1) is 0 Å². The molecule has 0 unspecified atom stereocenters. The predicted molar refractivity (Wildman–Crippen MR) is 215 cm³/mol. The van der Waals surface area contributed by atoms with Crippen molar-refractivity contribution in [1.82, 2.24) is 0 Å². The molecule has 0 aromatic carbocycles. The van der Waals surface area contributed by atoms with Gasteiger partial charge in [-0.2, -0.15) is 0 Å². The summed E-state index contributed by atoms with van der Waals surface area (Å²) in [5, 5.41) is 108. The summed E-state index contributed by atoms with van der Waals surface area (Å²) >= 11 is 0. The molecule has 0 aromatic heterocycles. The molecule has 3 aliphatic heterocycles. The van der Waals surface area contributed by atoms with Gasteiger partial charge in [0.2, 0.25) is 0 Å². The zero-order valence-corrected chi connectivity index (χ0v) is 37.2. The molecule has 3 saturated heterocycles. The second-order valence-corrected chi connectivity index (χ2v) is 22.8. The van der Waals surface area contributed by atoms with Gasteiger partial charge in [-0.1, -0.05) is 41.5 Å². The highest BCUT2D eigenvalue weighted by molar-refractivity contribution is 5.23. The van der Waals surface area contributed by atoms with Crippen LogP contribution in [0.25, 0.3) is 0 Å². The average molecular weight is 873 g/mol. The second kappa shape index (κ2) is 16.0. The Labute approximate surface area is 359 Å². The van der Waals surface area contributed by atoms with E-state index >= 15 is 0 Å². The Bertz CT molecular complexity index is 1580. The fourth-order valence-corrected chi connectivity index (χ4v) is 15.9. The maximum absolute atomic E-state index is 11.7. The standard InChI is InChI=1S/C45H76O16/c1-40(2)28(61-39-35(54)32(51)23(48)19-58-39)12-14-43(6)27-10-9-26-42(5)13-11-20(41(3,4)55)29(42)24(59-37-33(52)30(49)21(46)17-56-37)15-44(26,7)45(27,8)16-25(36(40)43)60-38-34(53)31(50)22(47)18-57-38/h20-39,46-55H,9-19H2,1-8H3/t20-,21-,22+,23-,24+,25-,26-,27+,28-,29+,30-,31+,32-,33+,34+,35-,36-,37-,38-,39+,42-,43-,44-,45-/m1/s1. The Hall–Kier alpha value is -0.640. The maximum Gasteiger partial charge on any atom is 0.186 e. The third-order valence-electron chi connectivity index (χ3n) is 18.9. The first-order chi connectivity index (χ1) is 28.3. The Kier molecular flexibility index (Phi) is 12.3. The average Bonchev–Trinajstić information content (AvgIpc) is 3.55. The van der Waals surface area contributed by atoms with Crippen molar-refractivity contribution in [2.45, 2.75) is 204 Å². The Morgan fingerprint density at radius 3 is 1.39 bits per heavy atom. The fraction of sp³-hybridized carbons (Fsp3) is 1.00. The highest BCUT2D eigenvalue weighted by Crippen LogP contribution is 2.79. The summed E-state index contributed by atoms with van der Waals surface area (Å²) in [5.41, 5.74) is -3.23. The molecule has 0 aromatic rings. The summed E-state index contributed by atoms with van der Waals surface area (Å²) in [5.74, 6) is -0.109. The monoisotopic (exact) mass is 873 g/mol. The van der Waals surface area contributed by atoms with Crippen LogP contribution in [0.3, 0.4) is 0 Å². The molecule has 0 spiro atoms. The topological polar surface area (TPSA) is 258 Å². The number of hydrogen-bond acceptors (Lipinski definition) is 16. The molecule has 8 aliphatic rings. The molecule has 61 heavy (non-hydrogen) atoms. The van der Waals surface area contributed by atoms with Gasteiger partial charge >= 0.3 is 0 Å². The summed E-state index contributed by atoms with van der Waals surface area (Å²) in [4.78, 5) is 0.